The number of rotatable bonds is 9. The molecule has 0 aliphatic heterocycles. The zero-order valence-electron chi connectivity index (χ0n) is 16.1. The highest BCUT2D eigenvalue weighted by Gasteiger charge is 2.11. The molecule has 0 aliphatic rings. The quantitative estimate of drug-likeness (QED) is 0.712. The molecular weight excluding hydrogens is 342 g/mol. The molecule has 1 aromatic carbocycles. The minimum absolute atomic E-state index is 0.191. The lowest BCUT2D eigenvalue weighted by Gasteiger charge is -2.09. The number of ether oxygens (including phenoxy) is 1. The van der Waals surface area contributed by atoms with Crippen molar-refractivity contribution in [3.05, 3.63) is 59.4 Å². The Kier molecular flexibility index (Phi) is 7.79. The van der Waals surface area contributed by atoms with Crippen molar-refractivity contribution in [2.75, 3.05) is 20.2 Å². The number of nitrogens with zero attached hydrogens (tertiary/aromatic N) is 1. The van der Waals surface area contributed by atoms with Crippen molar-refractivity contribution in [1.29, 1.82) is 0 Å². The second kappa shape index (κ2) is 10.3. The van der Waals surface area contributed by atoms with Crippen molar-refractivity contribution < 1.29 is 14.3 Å². The summed E-state index contributed by atoms with van der Waals surface area (Å²) in [6, 6.07) is 10.8. The van der Waals surface area contributed by atoms with Crippen molar-refractivity contribution in [3.8, 4) is 5.75 Å². The van der Waals surface area contributed by atoms with E-state index in [0.717, 1.165) is 17.7 Å². The van der Waals surface area contributed by atoms with Gasteiger partial charge in [0.25, 0.3) is 11.8 Å². The second-order valence-electron chi connectivity index (χ2n) is 6.73. The summed E-state index contributed by atoms with van der Waals surface area (Å²) < 4.78 is 5.19. The molecule has 2 N–H and O–H groups in total. The van der Waals surface area contributed by atoms with Gasteiger partial charge in [0.15, 0.2) is 0 Å². The Morgan fingerprint density at radius 1 is 1.07 bits per heavy atom. The third-order valence-electron chi connectivity index (χ3n) is 4.10. The summed E-state index contributed by atoms with van der Waals surface area (Å²) in [7, 11) is 1.62. The largest absolute Gasteiger partial charge is 0.497 e. The van der Waals surface area contributed by atoms with Crippen LogP contribution in [0.2, 0.25) is 0 Å². The van der Waals surface area contributed by atoms with Crippen LogP contribution in [0.15, 0.2) is 42.6 Å². The van der Waals surface area contributed by atoms with E-state index in [9.17, 15) is 9.59 Å². The lowest BCUT2D eigenvalue weighted by molar-refractivity contribution is 0.0949. The van der Waals surface area contributed by atoms with Crippen LogP contribution in [0.4, 0.5) is 0 Å². The molecule has 2 rings (SSSR count). The van der Waals surface area contributed by atoms with E-state index in [-0.39, 0.29) is 17.5 Å². The van der Waals surface area contributed by atoms with Gasteiger partial charge in [0.2, 0.25) is 0 Å². The summed E-state index contributed by atoms with van der Waals surface area (Å²) in [4.78, 5) is 28.6. The van der Waals surface area contributed by atoms with Crippen LogP contribution in [0.25, 0.3) is 0 Å². The van der Waals surface area contributed by atoms with Crippen LogP contribution >= 0.6 is 0 Å². The minimum Gasteiger partial charge on any atom is -0.497 e. The normalized spacial score (nSPS) is 10.5. The first-order valence-corrected chi connectivity index (χ1v) is 9.15. The Labute approximate surface area is 160 Å². The maximum absolute atomic E-state index is 12.3. The molecule has 1 heterocycles. The van der Waals surface area contributed by atoms with Crippen molar-refractivity contribution in [1.82, 2.24) is 15.6 Å². The molecule has 0 bridgehead atoms. The van der Waals surface area contributed by atoms with Gasteiger partial charge in [-0.05, 0) is 48.6 Å². The van der Waals surface area contributed by atoms with Gasteiger partial charge in [-0.2, -0.15) is 0 Å². The third-order valence-corrected chi connectivity index (χ3v) is 4.10. The van der Waals surface area contributed by atoms with E-state index < -0.39 is 0 Å². The maximum Gasteiger partial charge on any atom is 0.269 e. The van der Waals surface area contributed by atoms with E-state index in [1.54, 1.807) is 13.2 Å². The molecule has 6 nitrogen and oxygen atoms in total. The molecule has 0 aliphatic carbocycles. The summed E-state index contributed by atoms with van der Waals surface area (Å²) in [6.45, 7) is 5.29. The van der Waals surface area contributed by atoms with Gasteiger partial charge in [-0.3, -0.25) is 14.6 Å². The highest BCUT2D eigenvalue weighted by molar-refractivity contribution is 5.98. The van der Waals surface area contributed by atoms with E-state index in [1.807, 2.05) is 24.3 Å². The number of amides is 2. The summed E-state index contributed by atoms with van der Waals surface area (Å²) in [6.07, 6.45) is 3.07. The summed E-state index contributed by atoms with van der Waals surface area (Å²) in [5.74, 6) is 0.823. The maximum atomic E-state index is 12.3. The SMILES string of the molecule is COc1cccc(CCNC(=O)c2cc(C(=O)NCCC(C)C)ccn2)c1. The smallest absolute Gasteiger partial charge is 0.269 e. The average Bonchev–Trinajstić information content (AvgIpc) is 2.67. The highest BCUT2D eigenvalue weighted by atomic mass is 16.5. The van der Waals surface area contributed by atoms with E-state index in [4.69, 9.17) is 4.74 Å². The monoisotopic (exact) mass is 369 g/mol. The zero-order valence-corrected chi connectivity index (χ0v) is 16.1. The first kappa shape index (κ1) is 20.4. The first-order chi connectivity index (χ1) is 13.0. The fourth-order valence-electron chi connectivity index (χ4n) is 2.51. The lowest BCUT2D eigenvalue weighted by atomic mass is 10.1. The van der Waals surface area contributed by atoms with Gasteiger partial charge in [-0.25, -0.2) is 0 Å². The second-order valence-corrected chi connectivity index (χ2v) is 6.73. The molecule has 6 heteroatoms. The number of nitrogens with one attached hydrogen (secondary N) is 2. The lowest BCUT2D eigenvalue weighted by Crippen LogP contribution is -2.28. The van der Waals surface area contributed by atoms with Crippen LogP contribution in [-0.4, -0.2) is 37.0 Å². The summed E-state index contributed by atoms with van der Waals surface area (Å²) in [5.41, 5.74) is 1.74. The zero-order chi connectivity index (χ0) is 19.6. The topological polar surface area (TPSA) is 80.3 Å². The predicted octanol–water partition coefficient (Wildman–Crippen LogP) is 2.84. The summed E-state index contributed by atoms with van der Waals surface area (Å²) in [5, 5.41) is 5.70. The Bertz CT molecular complexity index is 775. The molecule has 27 heavy (non-hydrogen) atoms. The molecule has 2 amide bonds. The van der Waals surface area contributed by atoms with E-state index in [2.05, 4.69) is 29.5 Å². The van der Waals surface area contributed by atoms with Gasteiger partial charge in [0.1, 0.15) is 11.4 Å². The molecule has 144 valence electrons. The van der Waals surface area contributed by atoms with Gasteiger partial charge >= 0.3 is 0 Å². The molecule has 0 atom stereocenters. The average molecular weight is 369 g/mol. The van der Waals surface area contributed by atoms with Gasteiger partial charge in [0.05, 0.1) is 7.11 Å². The van der Waals surface area contributed by atoms with Crippen LogP contribution in [0, 0.1) is 5.92 Å². The molecular formula is C21H27N3O3. The van der Waals surface area contributed by atoms with Crippen LogP contribution in [0.5, 0.6) is 5.75 Å². The van der Waals surface area contributed by atoms with Crippen LogP contribution in [0.1, 0.15) is 46.7 Å². The van der Waals surface area contributed by atoms with Gasteiger partial charge < -0.3 is 15.4 Å². The first-order valence-electron chi connectivity index (χ1n) is 9.15. The number of hydrogen-bond acceptors (Lipinski definition) is 4. The highest BCUT2D eigenvalue weighted by Crippen LogP contribution is 2.12. The van der Waals surface area contributed by atoms with Crippen LogP contribution < -0.4 is 15.4 Å². The molecule has 2 aromatic rings. The standard InChI is InChI=1S/C21H27N3O3/c1-15(2)7-10-23-20(25)17-9-12-22-19(14-17)21(26)24-11-8-16-5-4-6-18(13-16)27-3/h4-6,9,12-15H,7-8,10-11H2,1-3H3,(H,23,25)(H,24,26). The number of hydrogen-bond donors (Lipinski definition) is 2. The van der Waals surface area contributed by atoms with E-state index in [0.29, 0.717) is 31.0 Å². The number of pyridine rings is 1. The van der Waals surface area contributed by atoms with Gasteiger partial charge in [-0.1, -0.05) is 26.0 Å². The molecule has 0 unspecified atom stereocenters. The number of carbonyl (C=O) groups excluding carboxylic acids is 2. The molecule has 1 aromatic heterocycles. The fraction of sp³-hybridized carbons (Fsp3) is 0.381. The van der Waals surface area contributed by atoms with E-state index >= 15 is 0 Å². The molecule has 0 fully saturated rings. The Morgan fingerprint density at radius 3 is 2.59 bits per heavy atom. The van der Waals surface area contributed by atoms with Crippen LogP contribution in [-0.2, 0) is 6.42 Å². The number of methoxy groups -OCH3 is 1. The Morgan fingerprint density at radius 2 is 1.85 bits per heavy atom. The van der Waals surface area contributed by atoms with Gasteiger partial charge in [-0.15, -0.1) is 0 Å². The fourth-order valence-corrected chi connectivity index (χ4v) is 2.51. The van der Waals surface area contributed by atoms with Crippen molar-refractivity contribution in [2.24, 2.45) is 5.92 Å². The van der Waals surface area contributed by atoms with Crippen LogP contribution in [0.3, 0.4) is 0 Å². The molecule has 0 radical (unpaired) electrons. The van der Waals surface area contributed by atoms with Crippen molar-refractivity contribution in [2.45, 2.75) is 26.7 Å². The minimum atomic E-state index is -0.297. The third kappa shape index (κ3) is 6.73. The van der Waals surface area contributed by atoms with Crippen molar-refractivity contribution >= 4 is 11.8 Å². The Hall–Kier alpha value is -2.89. The number of aromatic nitrogens is 1. The summed E-state index contributed by atoms with van der Waals surface area (Å²) >= 11 is 0. The predicted molar refractivity (Wildman–Crippen MR) is 105 cm³/mol. The van der Waals surface area contributed by atoms with Gasteiger partial charge in [0, 0.05) is 24.8 Å². The Balaban J connectivity index is 1.87. The van der Waals surface area contributed by atoms with Crippen molar-refractivity contribution in [3.63, 3.8) is 0 Å². The molecule has 0 saturated heterocycles. The number of carbonyl (C=O) groups is 2. The molecule has 0 saturated carbocycles. The number of benzene rings is 1. The van der Waals surface area contributed by atoms with E-state index in [1.165, 1.54) is 12.3 Å². The molecule has 0 spiro atoms.